The van der Waals surface area contributed by atoms with Crippen molar-refractivity contribution in [3.05, 3.63) is 0 Å². The lowest BCUT2D eigenvalue weighted by Crippen LogP contribution is -2.17. The van der Waals surface area contributed by atoms with E-state index in [2.05, 4.69) is 0 Å². The summed E-state index contributed by atoms with van der Waals surface area (Å²) >= 11 is 0. The van der Waals surface area contributed by atoms with Crippen LogP contribution in [0.3, 0.4) is 0 Å². The van der Waals surface area contributed by atoms with E-state index < -0.39 is 5.97 Å². The van der Waals surface area contributed by atoms with Gasteiger partial charge in [0.05, 0.1) is 0 Å². The van der Waals surface area contributed by atoms with Crippen molar-refractivity contribution in [2.75, 3.05) is 0 Å². The van der Waals surface area contributed by atoms with Crippen molar-refractivity contribution in [1.29, 1.82) is 0 Å². The summed E-state index contributed by atoms with van der Waals surface area (Å²) in [6, 6.07) is 0. The number of carboxylic acids is 1. The molecule has 0 unspecified atom stereocenters. The molecule has 3 N–H and O–H groups in total. The second-order valence-electron chi connectivity index (χ2n) is 1.80. The molecule has 0 saturated carbocycles. The number of amides is 1. The fourth-order valence-electron chi connectivity index (χ4n) is 0.283. The van der Waals surface area contributed by atoms with Gasteiger partial charge in [-0.25, -0.2) is 5.48 Å². The van der Waals surface area contributed by atoms with E-state index in [1.54, 1.807) is 0 Å². The first-order chi connectivity index (χ1) is 5.04. The topological polar surface area (TPSA) is 86.6 Å². The zero-order valence-electron chi connectivity index (χ0n) is 6.63. The molecule has 1 amide bonds. The minimum atomic E-state index is -0.833. The van der Waals surface area contributed by atoms with Gasteiger partial charge in [0.15, 0.2) is 0 Å². The van der Waals surface area contributed by atoms with E-state index in [0.29, 0.717) is 6.42 Å². The Labute approximate surface area is 65.0 Å². The minimum absolute atomic E-state index is 0.317. The molecule has 0 spiro atoms. The number of carbonyl (C=O) groups is 2. The van der Waals surface area contributed by atoms with Crippen molar-refractivity contribution < 1.29 is 19.9 Å². The lowest BCUT2D eigenvalue weighted by molar-refractivity contribution is -0.134. The van der Waals surface area contributed by atoms with E-state index in [1.807, 2.05) is 6.92 Å². The first-order valence-corrected chi connectivity index (χ1v) is 3.17. The quantitative estimate of drug-likeness (QED) is 0.405. The summed E-state index contributed by atoms with van der Waals surface area (Å²) in [7, 11) is 0. The largest absolute Gasteiger partial charge is 0.481 e. The number of rotatable bonds is 2. The predicted octanol–water partition coefficient (Wildman–Crippen LogP) is 0.383. The molecule has 0 aliphatic heterocycles. The highest BCUT2D eigenvalue weighted by molar-refractivity contribution is 5.74. The Kier molecular flexibility index (Phi) is 10.2. The Balaban J connectivity index is 0. The van der Waals surface area contributed by atoms with E-state index in [-0.39, 0.29) is 5.91 Å². The van der Waals surface area contributed by atoms with Crippen LogP contribution < -0.4 is 5.48 Å². The predicted molar refractivity (Wildman–Crippen MR) is 38.1 cm³/mol. The second-order valence-corrected chi connectivity index (χ2v) is 1.80. The van der Waals surface area contributed by atoms with Crippen molar-refractivity contribution in [3.8, 4) is 0 Å². The average molecular weight is 163 g/mol. The summed E-state index contributed by atoms with van der Waals surface area (Å²) in [5, 5.41) is 15.3. The number of nitrogens with one attached hydrogen (secondary N) is 1. The normalized spacial score (nSPS) is 7.55. The van der Waals surface area contributed by atoms with Gasteiger partial charge in [-0.15, -0.1) is 0 Å². The third-order valence-corrected chi connectivity index (χ3v) is 0.602. The van der Waals surface area contributed by atoms with Gasteiger partial charge in [-0.05, 0) is 6.42 Å². The molecule has 5 nitrogen and oxygen atoms in total. The monoisotopic (exact) mass is 163 g/mol. The van der Waals surface area contributed by atoms with E-state index >= 15 is 0 Å². The molecule has 0 aliphatic rings. The van der Waals surface area contributed by atoms with Gasteiger partial charge in [0.1, 0.15) is 0 Å². The molecule has 5 heteroatoms. The zero-order chi connectivity index (χ0) is 9.28. The third-order valence-electron chi connectivity index (χ3n) is 0.602. The zero-order valence-corrected chi connectivity index (χ0v) is 6.63. The molecule has 0 saturated heterocycles. The first-order valence-electron chi connectivity index (χ1n) is 3.17. The molecular formula is C6H13NO4. The molecule has 0 aromatic rings. The average Bonchev–Trinajstić information content (AvgIpc) is 1.87. The van der Waals surface area contributed by atoms with Crippen molar-refractivity contribution in [2.45, 2.75) is 26.7 Å². The molecule has 66 valence electrons. The molecule has 0 heterocycles. The van der Waals surface area contributed by atoms with Gasteiger partial charge in [-0.3, -0.25) is 14.8 Å². The number of carbonyl (C=O) groups excluding carboxylic acids is 1. The van der Waals surface area contributed by atoms with Gasteiger partial charge in [0.2, 0.25) is 5.91 Å². The standard InChI is InChI=1S/C4H9NO2.C2H4O2/c1-2-3-4(6)5-7;1-2(3)4/h7H,2-3H2,1H3,(H,5,6);1H3,(H,3,4). The maximum atomic E-state index is 10.1. The Morgan fingerprint density at radius 3 is 1.91 bits per heavy atom. The summed E-state index contributed by atoms with van der Waals surface area (Å²) in [6.45, 7) is 2.95. The second kappa shape index (κ2) is 8.90. The van der Waals surface area contributed by atoms with Crippen LogP contribution in [0.2, 0.25) is 0 Å². The molecule has 0 bridgehead atoms. The van der Waals surface area contributed by atoms with Gasteiger partial charge in [-0.1, -0.05) is 6.92 Å². The SMILES string of the molecule is CC(=O)O.CCCC(=O)NO. The highest BCUT2D eigenvalue weighted by atomic mass is 16.5. The van der Waals surface area contributed by atoms with Crippen LogP contribution in [0, 0.1) is 0 Å². The van der Waals surface area contributed by atoms with Crippen LogP contribution in [0.5, 0.6) is 0 Å². The molecule has 0 aliphatic carbocycles. The fourth-order valence-corrected chi connectivity index (χ4v) is 0.283. The fraction of sp³-hybridized carbons (Fsp3) is 0.667. The lowest BCUT2D eigenvalue weighted by Gasteiger charge is -1.89. The Morgan fingerprint density at radius 1 is 1.45 bits per heavy atom. The maximum Gasteiger partial charge on any atom is 0.300 e. The highest BCUT2D eigenvalue weighted by Gasteiger charge is 1.91. The summed E-state index contributed by atoms with van der Waals surface area (Å²) in [5.41, 5.74) is 1.53. The van der Waals surface area contributed by atoms with Crippen LogP contribution in [0.25, 0.3) is 0 Å². The lowest BCUT2D eigenvalue weighted by atomic mass is 10.3. The highest BCUT2D eigenvalue weighted by Crippen LogP contribution is 1.82. The number of carboxylic acid groups (broad SMARTS) is 1. The van der Waals surface area contributed by atoms with Crippen LogP contribution in [0.4, 0.5) is 0 Å². The number of aliphatic carboxylic acids is 1. The van der Waals surface area contributed by atoms with Crippen LogP contribution in [0.15, 0.2) is 0 Å². The Bertz CT molecular complexity index is 120. The molecular weight excluding hydrogens is 150 g/mol. The Morgan fingerprint density at radius 2 is 1.82 bits per heavy atom. The van der Waals surface area contributed by atoms with Gasteiger partial charge in [-0.2, -0.15) is 0 Å². The molecule has 0 radical (unpaired) electrons. The van der Waals surface area contributed by atoms with E-state index in [4.69, 9.17) is 15.1 Å². The molecule has 11 heavy (non-hydrogen) atoms. The van der Waals surface area contributed by atoms with E-state index in [9.17, 15) is 4.79 Å². The van der Waals surface area contributed by atoms with Gasteiger partial charge >= 0.3 is 0 Å². The summed E-state index contributed by atoms with van der Waals surface area (Å²) < 4.78 is 0. The van der Waals surface area contributed by atoms with E-state index in [0.717, 1.165) is 13.3 Å². The summed E-state index contributed by atoms with van der Waals surface area (Å²) in [6.07, 6.45) is 1.17. The van der Waals surface area contributed by atoms with E-state index in [1.165, 1.54) is 5.48 Å². The third kappa shape index (κ3) is 27.9. The van der Waals surface area contributed by atoms with Crippen molar-refractivity contribution in [2.24, 2.45) is 0 Å². The van der Waals surface area contributed by atoms with Crippen molar-refractivity contribution in [3.63, 3.8) is 0 Å². The maximum absolute atomic E-state index is 10.1. The van der Waals surface area contributed by atoms with Crippen LogP contribution in [-0.4, -0.2) is 22.2 Å². The van der Waals surface area contributed by atoms with Crippen molar-refractivity contribution in [1.82, 2.24) is 5.48 Å². The van der Waals surface area contributed by atoms with Gasteiger partial charge < -0.3 is 5.11 Å². The Hall–Kier alpha value is -1.10. The summed E-state index contributed by atoms with van der Waals surface area (Å²) in [4.78, 5) is 19.1. The van der Waals surface area contributed by atoms with Crippen LogP contribution >= 0.6 is 0 Å². The minimum Gasteiger partial charge on any atom is -0.481 e. The molecule has 0 atom stereocenters. The molecule has 0 fully saturated rings. The van der Waals surface area contributed by atoms with Crippen LogP contribution in [-0.2, 0) is 9.59 Å². The molecule has 0 aromatic heterocycles. The number of hydrogen-bond acceptors (Lipinski definition) is 3. The van der Waals surface area contributed by atoms with Gasteiger partial charge in [0, 0.05) is 13.3 Å². The number of hydrogen-bond donors (Lipinski definition) is 3. The first kappa shape index (κ1) is 12.6. The smallest absolute Gasteiger partial charge is 0.300 e. The molecule has 0 aromatic carbocycles. The van der Waals surface area contributed by atoms with Crippen molar-refractivity contribution >= 4 is 11.9 Å². The molecule has 0 rings (SSSR count). The van der Waals surface area contributed by atoms with Gasteiger partial charge in [0.25, 0.3) is 5.97 Å². The number of hydroxylamine groups is 1. The summed E-state index contributed by atoms with van der Waals surface area (Å²) in [5.74, 6) is -1.15. The van der Waals surface area contributed by atoms with Crippen LogP contribution in [0.1, 0.15) is 26.7 Å².